The minimum absolute atomic E-state index is 0.0896. The molecule has 4 saturated heterocycles. The fourth-order valence-corrected chi connectivity index (χ4v) is 6.32. The Morgan fingerprint density at radius 2 is 0.805 bits per heavy atom. The van der Waals surface area contributed by atoms with Crippen molar-refractivity contribution >= 4 is 34.1 Å². The van der Waals surface area contributed by atoms with Gasteiger partial charge in [0.05, 0.1) is 0 Å². The molecule has 17 heteroatoms. The molecule has 12 N–H and O–H groups in total. The van der Waals surface area contributed by atoms with E-state index in [1.165, 1.54) is 12.8 Å². The number of nitrogens with one attached hydrogen (secondary N) is 2. The summed E-state index contributed by atoms with van der Waals surface area (Å²) in [7, 11) is -4.67. The third kappa shape index (κ3) is 9.66. The van der Waals surface area contributed by atoms with E-state index in [2.05, 4.69) is 9.80 Å². The molecule has 41 heavy (non-hydrogen) atoms. The van der Waals surface area contributed by atoms with Gasteiger partial charge in [-0.25, -0.2) is 0 Å². The van der Waals surface area contributed by atoms with Crippen LogP contribution in [0.2, 0.25) is 0 Å². The summed E-state index contributed by atoms with van der Waals surface area (Å²) in [6, 6.07) is 0. The zero-order chi connectivity index (χ0) is 30.8. The largest absolute Gasteiger partial charge is 0.394 e. The number of likely N-dealkylation sites (tertiary alicyclic amines) is 4. The van der Waals surface area contributed by atoms with Crippen molar-refractivity contribution in [2.24, 2.45) is 22.9 Å². The lowest BCUT2D eigenvalue weighted by Gasteiger charge is -2.48. The second-order valence-electron chi connectivity index (χ2n) is 11.1. The van der Waals surface area contributed by atoms with Crippen molar-refractivity contribution in [3.05, 3.63) is 0 Å². The van der Waals surface area contributed by atoms with Gasteiger partial charge in [0.25, 0.3) is 0 Å². The first-order chi connectivity index (χ1) is 19.1. The zero-order valence-corrected chi connectivity index (χ0v) is 24.6. The maximum absolute atomic E-state index is 11.9. The molecule has 0 aromatic rings. The van der Waals surface area contributed by atoms with Gasteiger partial charge in [-0.1, -0.05) is 12.8 Å². The molecule has 16 nitrogen and oxygen atoms in total. The normalized spacial score (nSPS) is 23.2. The lowest BCUT2D eigenvalue weighted by Crippen LogP contribution is -2.64. The fraction of sp³-hybridized carbons (Fsp3) is 0.833. The van der Waals surface area contributed by atoms with Crippen molar-refractivity contribution in [2.45, 2.75) is 75.3 Å². The van der Waals surface area contributed by atoms with Crippen molar-refractivity contribution in [3.63, 3.8) is 0 Å². The lowest BCUT2D eigenvalue weighted by atomic mass is 9.83. The number of hydrogen-bond acceptors (Lipinski definition) is 8. The summed E-state index contributed by atoms with van der Waals surface area (Å²) in [5, 5.41) is 14.9. The molecule has 4 aliphatic rings. The molecular weight excluding hydrogens is 556 g/mol. The number of piperidine rings is 4. The first kappa shape index (κ1) is 34.5. The average Bonchev–Trinajstić information content (AvgIpc) is 2.93. The van der Waals surface area contributed by atoms with E-state index in [9.17, 15) is 9.59 Å². The van der Waals surface area contributed by atoms with Gasteiger partial charge in [-0.15, -0.1) is 0 Å². The van der Waals surface area contributed by atoms with Gasteiger partial charge in [0.15, 0.2) is 11.9 Å². The predicted molar refractivity (Wildman–Crippen MR) is 154 cm³/mol. The quantitative estimate of drug-likeness (QED) is 0.106. The molecule has 4 aliphatic heterocycles. The highest BCUT2D eigenvalue weighted by molar-refractivity contribution is 7.79. The van der Waals surface area contributed by atoms with E-state index in [-0.39, 0.29) is 23.7 Å². The number of carbonyl (C=O) groups is 2. The third-order valence-corrected chi connectivity index (χ3v) is 8.70. The van der Waals surface area contributed by atoms with Crippen LogP contribution in [0.5, 0.6) is 0 Å². The van der Waals surface area contributed by atoms with Crippen molar-refractivity contribution in [3.8, 4) is 0 Å². The van der Waals surface area contributed by atoms with Crippen LogP contribution in [0.15, 0.2) is 0 Å². The Morgan fingerprint density at radius 3 is 1.00 bits per heavy atom. The number of guanidine groups is 2. The number of nitrogens with two attached hydrogens (primary N) is 4. The highest BCUT2D eigenvalue weighted by atomic mass is 32.3. The van der Waals surface area contributed by atoms with Gasteiger partial charge in [0.1, 0.15) is 11.1 Å². The van der Waals surface area contributed by atoms with Crippen molar-refractivity contribution in [2.75, 3.05) is 52.4 Å². The number of rotatable bonds is 4. The van der Waals surface area contributed by atoms with Gasteiger partial charge in [0, 0.05) is 26.2 Å². The molecule has 0 aromatic heterocycles. The molecule has 236 valence electrons. The Balaban J connectivity index is 0.000000247. The van der Waals surface area contributed by atoms with Gasteiger partial charge in [-0.2, -0.15) is 8.42 Å². The molecule has 0 saturated carbocycles. The molecular formula is C24H48N10O6S. The van der Waals surface area contributed by atoms with Gasteiger partial charge >= 0.3 is 10.4 Å². The molecule has 0 aromatic carbocycles. The summed E-state index contributed by atoms with van der Waals surface area (Å²) < 4.78 is 31.6. The smallest absolute Gasteiger partial charge is 0.370 e. The molecule has 0 unspecified atom stereocenters. The summed E-state index contributed by atoms with van der Waals surface area (Å²) >= 11 is 0. The standard InChI is InChI=1S/2C12H23N5O.H2O4S/c2*13-10(18)12(17-6-2-1-3-7-17)4-8-16(9-5-12)11(14)15;1-5(2,3)4/h2*1-9H2,(H2,13,18)(H3,14,15);(H2,1,2,3,4). The molecule has 2 amide bonds. The van der Waals surface area contributed by atoms with Crippen molar-refractivity contribution < 1.29 is 27.1 Å². The van der Waals surface area contributed by atoms with E-state index in [0.717, 1.165) is 51.9 Å². The maximum atomic E-state index is 11.9. The van der Waals surface area contributed by atoms with Gasteiger partial charge < -0.3 is 32.7 Å². The molecule has 4 fully saturated rings. The van der Waals surface area contributed by atoms with Crippen LogP contribution in [0.4, 0.5) is 0 Å². The Morgan fingerprint density at radius 1 is 0.561 bits per heavy atom. The van der Waals surface area contributed by atoms with E-state index in [0.29, 0.717) is 51.9 Å². The summed E-state index contributed by atoms with van der Waals surface area (Å²) in [5.41, 5.74) is 21.3. The number of nitrogens with zero attached hydrogens (tertiary/aromatic N) is 4. The fourth-order valence-electron chi connectivity index (χ4n) is 6.32. The van der Waals surface area contributed by atoms with Crippen LogP contribution in [-0.2, 0) is 20.0 Å². The third-order valence-electron chi connectivity index (χ3n) is 8.70. The predicted octanol–water partition coefficient (Wildman–Crippen LogP) is -1.28. The summed E-state index contributed by atoms with van der Waals surface area (Å²) in [4.78, 5) is 32.0. The molecule has 0 spiro atoms. The minimum Gasteiger partial charge on any atom is -0.370 e. The summed E-state index contributed by atoms with van der Waals surface area (Å²) in [6.07, 6.45) is 9.79. The SMILES string of the molecule is N=C(N)N1CCC(C(N)=O)(N2CCCCC2)CC1.N=C(N)N1CCC(C(N)=O)(N2CCCCC2)CC1.O=S(=O)(O)O. The Bertz CT molecular complexity index is 940. The van der Waals surface area contributed by atoms with Crippen LogP contribution in [0.25, 0.3) is 0 Å². The highest BCUT2D eigenvalue weighted by Crippen LogP contribution is 2.32. The molecule has 0 atom stereocenters. The maximum Gasteiger partial charge on any atom is 0.394 e. The van der Waals surface area contributed by atoms with Crippen LogP contribution in [-0.4, -0.2) is 124 Å². The molecule has 0 radical (unpaired) electrons. The molecule has 0 aliphatic carbocycles. The van der Waals surface area contributed by atoms with Crippen LogP contribution < -0.4 is 22.9 Å². The van der Waals surface area contributed by atoms with Crippen LogP contribution in [0.1, 0.15) is 64.2 Å². The Hall–Kier alpha value is -2.73. The van der Waals surface area contributed by atoms with E-state index < -0.39 is 21.5 Å². The first-order valence-corrected chi connectivity index (χ1v) is 15.5. The Kier molecular flexibility index (Phi) is 12.6. The molecule has 4 heterocycles. The van der Waals surface area contributed by atoms with Crippen molar-refractivity contribution in [1.29, 1.82) is 10.8 Å². The van der Waals surface area contributed by atoms with Gasteiger partial charge in [-0.05, 0) is 77.5 Å². The summed E-state index contributed by atoms with van der Waals surface area (Å²) in [6.45, 7) is 6.44. The number of primary amides is 2. The second kappa shape index (κ2) is 14.9. The van der Waals surface area contributed by atoms with E-state index in [1.54, 1.807) is 0 Å². The van der Waals surface area contributed by atoms with E-state index in [4.69, 9.17) is 51.3 Å². The average molecular weight is 605 g/mol. The topological polar surface area (TPSA) is 273 Å². The number of amides is 2. The number of hydrogen-bond donors (Lipinski definition) is 8. The lowest BCUT2D eigenvalue weighted by molar-refractivity contribution is -0.134. The van der Waals surface area contributed by atoms with E-state index in [1.807, 2.05) is 9.80 Å². The van der Waals surface area contributed by atoms with Crippen LogP contribution in [0, 0.1) is 10.8 Å². The first-order valence-electron chi connectivity index (χ1n) is 14.1. The summed E-state index contributed by atoms with van der Waals surface area (Å²) in [5.74, 6) is -0.251. The number of carbonyl (C=O) groups excluding carboxylic acids is 2. The van der Waals surface area contributed by atoms with Crippen LogP contribution in [0.3, 0.4) is 0 Å². The second-order valence-corrected chi connectivity index (χ2v) is 12.0. The molecule has 4 rings (SSSR count). The van der Waals surface area contributed by atoms with Gasteiger partial charge in [0.2, 0.25) is 11.8 Å². The zero-order valence-electron chi connectivity index (χ0n) is 23.8. The van der Waals surface area contributed by atoms with E-state index >= 15 is 0 Å². The van der Waals surface area contributed by atoms with Crippen molar-refractivity contribution in [1.82, 2.24) is 19.6 Å². The van der Waals surface area contributed by atoms with Crippen LogP contribution >= 0.6 is 0 Å². The highest BCUT2D eigenvalue weighted by Gasteiger charge is 2.46. The minimum atomic E-state index is -4.67. The Labute approximate surface area is 242 Å². The molecule has 0 bridgehead atoms. The van der Waals surface area contributed by atoms with Gasteiger partial charge in [-0.3, -0.25) is 39.3 Å². The monoisotopic (exact) mass is 604 g/mol.